The van der Waals surface area contributed by atoms with Crippen molar-refractivity contribution in [3.05, 3.63) is 95.5 Å². The Kier molecular flexibility index (Phi) is 9.57. The number of sulfonamides is 1. The predicted molar refractivity (Wildman–Crippen MR) is 151 cm³/mol. The molecule has 38 heavy (non-hydrogen) atoms. The summed E-state index contributed by atoms with van der Waals surface area (Å²) in [6.07, 6.45) is 0.345. The summed E-state index contributed by atoms with van der Waals surface area (Å²) in [5.74, 6) is -0.807. The maximum absolute atomic E-state index is 14.0. The second kappa shape index (κ2) is 12.5. The smallest absolute Gasteiger partial charge is 0.264 e. The van der Waals surface area contributed by atoms with E-state index in [2.05, 4.69) is 5.32 Å². The molecule has 0 aromatic heterocycles. The Bertz CT molecular complexity index is 1330. The number of rotatable bonds is 10. The number of carbonyl (C=O) groups excluding carboxylic acids is 2. The average molecular weight is 556 g/mol. The van der Waals surface area contributed by atoms with Crippen molar-refractivity contribution < 1.29 is 18.0 Å². The van der Waals surface area contributed by atoms with Crippen LogP contribution in [0.5, 0.6) is 0 Å². The molecule has 0 heterocycles. The Morgan fingerprint density at radius 3 is 1.97 bits per heavy atom. The van der Waals surface area contributed by atoms with Gasteiger partial charge in [-0.3, -0.25) is 13.9 Å². The van der Waals surface area contributed by atoms with E-state index in [9.17, 15) is 18.0 Å². The number of nitrogens with one attached hydrogen (secondary N) is 1. The average Bonchev–Trinajstić information content (AvgIpc) is 2.88. The third kappa shape index (κ3) is 7.58. The molecule has 0 saturated carbocycles. The maximum Gasteiger partial charge on any atom is 0.264 e. The van der Waals surface area contributed by atoms with Gasteiger partial charge in [0.05, 0.1) is 10.6 Å². The number of carbonyl (C=O) groups is 2. The summed E-state index contributed by atoms with van der Waals surface area (Å²) >= 11 is 6.05. The molecule has 1 atom stereocenters. The predicted octanol–water partition coefficient (Wildman–Crippen LogP) is 5.26. The van der Waals surface area contributed by atoms with E-state index >= 15 is 0 Å². The van der Waals surface area contributed by atoms with Crippen molar-refractivity contribution >= 4 is 39.1 Å². The molecule has 3 aromatic carbocycles. The van der Waals surface area contributed by atoms with Gasteiger partial charge in [-0.05, 0) is 69.2 Å². The van der Waals surface area contributed by atoms with Gasteiger partial charge in [0.25, 0.3) is 10.0 Å². The minimum Gasteiger partial charge on any atom is -0.350 e. The van der Waals surface area contributed by atoms with Gasteiger partial charge in [-0.2, -0.15) is 0 Å². The van der Waals surface area contributed by atoms with Crippen molar-refractivity contribution in [2.75, 3.05) is 10.8 Å². The number of amides is 2. The minimum absolute atomic E-state index is 0.0680. The lowest BCUT2D eigenvalue weighted by Crippen LogP contribution is -2.55. The molecule has 1 N–H and O–H groups in total. The first kappa shape index (κ1) is 29.2. The fourth-order valence-electron chi connectivity index (χ4n) is 4.00. The van der Waals surface area contributed by atoms with Crippen molar-refractivity contribution in [2.24, 2.45) is 0 Å². The second-order valence-electron chi connectivity index (χ2n) is 9.97. The van der Waals surface area contributed by atoms with Crippen LogP contribution >= 0.6 is 11.6 Å². The lowest BCUT2D eigenvalue weighted by atomic mass is 10.1. The molecule has 9 heteroatoms. The number of nitrogens with zero attached hydrogens (tertiary/aromatic N) is 2. The van der Waals surface area contributed by atoms with Crippen molar-refractivity contribution in [3.8, 4) is 0 Å². The van der Waals surface area contributed by atoms with Gasteiger partial charge in [0.2, 0.25) is 11.8 Å². The molecule has 3 aromatic rings. The van der Waals surface area contributed by atoms with E-state index < -0.39 is 34.1 Å². The number of benzene rings is 3. The van der Waals surface area contributed by atoms with Crippen LogP contribution in [0.4, 0.5) is 5.69 Å². The fourth-order valence-corrected chi connectivity index (χ4v) is 5.56. The number of hydrogen-bond donors (Lipinski definition) is 1. The van der Waals surface area contributed by atoms with Crippen molar-refractivity contribution in [1.82, 2.24) is 10.2 Å². The highest BCUT2D eigenvalue weighted by atomic mass is 35.5. The quantitative estimate of drug-likeness (QED) is 0.370. The Morgan fingerprint density at radius 1 is 0.895 bits per heavy atom. The first-order chi connectivity index (χ1) is 17.9. The number of para-hydroxylation sites is 1. The topological polar surface area (TPSA) is 86.8 Å². The monoisotopic (exact) mass is 555 g/mol. The molecule has 0 radical (unpaired) electrons. The zero-order valence-corrected chi connectivity index (χ0v) is 23.7. The fraction of sp³-hybridized carbons (Fsp3) is 0.310. The van der Waals surface area contributed by atoms with Crippen LogP contribution in [0, 0.1) is 0 Å². The summed E-state index contributed by atoms with van der Waals surface area (Å²) in [5, 5.41) is 3.51. The highest BCUT2D eigenvalue weighted by Crippen LogP contribution is 2.25. The van der Waals surface area contributed by atoms with E-state index in [4.69, 9.17) is 11.6 Å². The zero-order valence-electron chi connectivity index (χ0n) is 22.1. The lowest BCUT2D eigenvalue weighted by molar-refractivity contribution is -0.141. The molecule has 3 rings (SSSR count). The normalized spacial score (nSPS) is 12.4. The third-order valence-corrected chi connectivity index (χ3v) is 7.84. The minimum atomic E-state index is -4.07. The van der Waals surface area contributed by atoms with Gasteiger partial charge in [0.15, 0.2) is 0 Å². The van der Waals surface area contributed by atoms with Gasteiger partial charge in [-0.1, -0.05) is 67.1 Å². The van der Waals surface area contributed by atoms with Gasteiger partial charge in [0, 0.05) is 17.1 Å². The third-order valence-electron chi connectivity index (χ3n) is 5.80. The van der Waals surface area contributed by atoms with Crippen LogP contribution in [0.1, 0.15) is 39.7 Å². The molecule has 0 saturated heterocycles. The number of hydrogen-bond acceptors (Lipinski definition) is 4. The Hall–Kier alpha value is -3.36. The molecule has 2 amide bonds. The molecular weight excluding hydrogens is 522 g/mol. The van der Waals surface area contributed by atoms with E-state index in [0.29, 0.717) is 17.1 Å². The van der Waals surface area contributed by atoms with Crippen molar-refractivity contribution in [3.63, 3.8) is 0 Å². The molecule has 202 valence electrons. The van der Waals surface area contributed by atoms with Crippen LogP contribution in [0.2, 0.25) is 5.02 Å². The highest BCUT2D eigenvalue weighted by molar-refractivity contribution is 7.92. The Morgan fingerprint density at radius 2 is 1.45 bits per heavy atom. The molecule has 0 bridgehead atoms. The molecule has 0 fully saturated rings. The summed E-state index contributed by atoms with van der Waals surface area (Å²) in [6, 6.07) is 22.6. The van der Waals surface area contributed by atoms with Crippen LogP contribution in [0.25, 0.3) is 0 Å². The van der Waals surface area contributed by atoms with Crippen LogP contribution in [-0.4, -0.2) is 43.3 Å². The maximum atomic E-state index is 14.0. The van der Waals surface area contributed by atoms with E-state index in [-0.39, 0.29) is 17.3 Å². The zero-order chi connectivity index (χ0) is 27.9. The summed E-state index contributed by atoms with van der Waals surface area (Å²) in [7, 11) is -4.07. The summed E-state index contributed by atoms with van der Waals surface area (Å²) in [5.41, 5.74) is 0.608. The van der Waals surface area contributed by atoms with Crippen LogP contribution in [-0.2, 0) is 26.2 Å². The van der Waals surface area contributed by atoms with E-state index in [1.165, 1.54) is 17.0 Å². The molecule has 0 aliphatic heterocycles. The molecular formula is C29H34ClN3O4S. The summed E-state index contributed by atoms with van der Waals surface area (Å²) in [6.45, 7) is 7.06. The van der Waals surface area contributed by atoms with Crippen LogP contribution in [0.15, 0.2) is 89.8 Å². The Labute approximate surface area is 230 Å². The molecule has 1 unspecified atom stereocenters. The van der Waals surface area contributed by atoms with E-state index in [1.54, 1.807) is 72.8 Å². The number of anilines is 1. The van der Waals surface area contributed by atoms with Crippen molar-refractivity contribution in [1.29, 1.82) is 0 Å². The van der Waals surface area contributed by atoms with Crippen LogP contribution < -0.4 is 9.62 Å². The largest absolute Gasteiger partial charge is 0.350 e. The Balaban J connectivity index is 2.03. The lowest BCUT2D eigenvalue weighted by Gasteiger charge is -2.34. The summed E-state index contributed by atoms with van der Waals surface area (Å²) in [4.78, 5) is 28.8. The standard InChI is InChI=1S/C29H34ClN3O4S/c1-5-26(28(35)31-29(2,3)4)32(20-22-16-18-23(30)19-17-22)27(34)21-33(24-12-8-6-9-13-24)38(36,37)25-14-10-7-11-15-25/h6-19,26H,5,20-21H2,1-4H3,(H,31,35). The summed E-state index contributed by atoms with van der Waals surface area (Å²) < 4.78 is 28.5. The molecule has 0 aliphatic carbocycles. The highest BCUT2D eigenvalue weighted by Gasteiger charge is 2.34. The first-order valence-electron chi connectivity index (χ1n) is 12.4. The van der Waals surface area contributed by atoms with Gasteiger partial charge in [0.1, 0.15) is 12.6 Å². The van der Waals surface area contributed by atoms with E-state index in [0.717, 1.165) is 9.87 Å². The van der Waals surface area contributed by atoms with Crippen molar-refractivity contribution in [2.45, 2.75) is 57.1 Å². The molecule has 0 aliphatic rings. The second-order valence-corrected chi connectivity index (χ2v) is 12.3. The van der Waals surface area contributed by atoms with E-state index in [1.807, 2.05) is 27.7 Å². The molecule has 0 spiro atoms. The number of halogens is 1. The van der Waals surface area contributed by atoms with Gasteiger partial charge < -0.3 is 10.2 Å². The van der Waals surface area contributed by atoms with Gasteiger partial charge >= 0.3 is 0 Å². The van der Waals surface area contributed by atoms with Gasteiger partial charge in [-0.25, -0.2) is 8.42 Å². The van der Waals surface area contributed by atoms with Gasteiger partial charge in [-0.15, -0.1) is 0 Å². The molecule has 7 nitrogen and oxygen atoms in total. The van der Waals surface area contributed by atoms with Crippen LogP contribution in [0.3, 0.4) is 0 Å². The first-order valence-corrected chi connectivity index (χ1v) is 14.2. The SMILES string of the molecule is CCC(C(=O)NC(C)(C)C)N(Cc1ccc(Cl)cc1)C(=O)CN(c1ccccc1)S(=O)(=O)c1ccccc1.